The Labute approximate surface area is 74.3 Å². The quantitative estimate of drug-likeness (QED) is 0.585. The zero-order chi connectivity index (χ0) is 9.14. The maximum Gasteiger partial charge on any atom is 0.319 e. The van der Waals surface area contributed by atoms with Crippen molar-refractivity contribution in [3.8, 4) is 0 Å². The molecule has 2 amide bonds. The zero-order valence-electron chi connectivity index (χ0n) is 8.21. The first-order valence-electron chi connectivity index (χ1n) is 4.64. The molecule has 0 aromatic heterocycles. The second-order valence-corrected chi connectivity index (χ2v) is 3.70. The molecule has 1 aliphatic heterocycles. The molecule has 1 heterocycles. The van der Waals surface area contributed by atoms with Crippen LogP contribution in [0.4, 0.5) is 4.79 Å². The van der Waals surface area contributed by atoms with Crippen molar-refractivity contribution in [3.63, 3.8) is 0 Å². The van der Waals surface area contributed by atoms with Gasteiger partial charge in [-0.25, -0.2) is 4.79 Å². The van der Waals surface area contributed by atoms with Crippen LogP contribution in [0.1, 0.15) is 26.7 Å². The number of hydrogen-bond acceptors (Lipinski definition) is 1. The molecule has 1 saturated heterocycles. The van der Waals surface area contributed by atoms with Gasteiger partial charge < -0.3 is 9.80 Å². The summed E-state index contributed by atoms with van der Waals surface area (Å²) in [5, 5.41) is 0. The van der Waals surface area contributed by atoms with E-state index in [-0.39, 0.29) is 6.03 Å². The van der Waals surface area contributed by atoms with Crippen LogP contribution in [0.2, 0.25) is 0 Å². The molecule has 70 valence electrons. The third-order valence-corrected chi connectivity index (χ3v) is 2.34. The van der Waals surface area contributed by atoms with Gasteiger partial charge in [-0.3, -0.25) is 0 Å². The zero-order valence-corrected chi connectivity index (χ0v) is 8.21. The van der Waals surface area contributed by atoms with Crippen molar-refractivity contribution in [2.24, 2.45) is 0 Å². The van der Waals surface area contributed by atoms with Crippen LogP contribution < -0.4 is 0 Å². The van der Waals surface area contributed by atoms with Crippen LogP contribution in [0.15, 0.2) is 0 Å². The summed E-state index contributed by atoms with van der Waals surface area (Å²) >= 11 is 0. The standard InChI is InChI=1S/C9H18N2O/c1-8(2)11-7-5-4-6-10(3)9(11)12/h8H,4-7H2,1-3H3. The molecule has 1 aliphatic rings. The van der Waals surface area contributed by atoms with Crippen molar-refractivity contribution in [2.75, 3.05) is 20.1 Å². The van der Waals surface area contributed by atoms with Crippen molar-refractivity contribution in [3.05, 3.63) is 0 Å². The molecule has 0 unspecified atom stereocenters. The van der Waals surface area contributed by atoms with Gasteiger partial charge in [0.2, 0.25) is 0 Å². The van der Waals surface area contributed by atoms with Crippen molar-refractivity contribution in [1.29, 1.82) is 0 Å². The van der Waals surface area contributed by atoms with Gasteiger partial charge >= 0.3 is 6.03 Å². The molecule has 0 radical (unpaired) electrons. The fourth-order valence-corrected chi connectivity index (χ4v) is 1.52. The van der Waals surface area contributed by atoms with E-state index in [1.807, 2.05) is 16.8 Å². The third kappa shape index (κ3) is 1.90. The number of carbonyl (C=O) groups excluding carboxylic acids is 1. The fourth-order valence-electron chi connectivity index (χ4n) is 1.52. The monoisotopic (exact) mass is 170 g/mol. The van der Waals surface area contributed by atoms with Gasteiger partial charge in [0.1, 0.15) is 0 Å². The van der Waals surface area contributed by atoms with Crippen molar-refractivity contribution in [1.82, 2.24) is 9.80 Å². The second kappa shape index (κ2) is 3.78. The first kappa shape index (κ1) is 9.36. The number of hydrogen-bond donors (Lipinski definition) is 0. The predicted molar refractivity (Wildman–Crippen MR) is 49.1 cm³/mol. The molecular formula is C9H18N2O. The summed E-state index contributed by atoms with van der Waals surface area (Å²) in [6, 6.07) is 0.514. The molecule has 3 heteroatoms. The van der Waals surface area contributed by atoms with Crippen molar-refractivity contribution in [2.45, 2.75) is 32.7 Å². The van der Waals surface area contributed by atoms with Crippen LogP contribution >= 0.6 is 0 Å². The Kier molecular flexibility index (Phi) is 2.95. The van der Waals surface area contributed by atoms with Crippen LogP contribution in [-0.2, 0) is 0 Å². The van der Waals surface area contributed by atoms with Crippen LogP contribution in [0, 0.1) is 0 Å². The molecule has 0 spiro atoms. The van der Waals surface area contributed by atoms with E-state index < -0.39 is 0 Å². The molecule has 0 aliphatic carbocycles. The largest absolute Gasteiger partial charge is 0.328 e. The summed E-state index contributed by atoms with van der Waals surface area (Å²) in [4.78, 5) is 15.4. The third-order valence-electron chi connectivity index (χ3n) is 2.34. The Balaban J connectivity index is 2.64. The Morgan fingerprint density at radius 3 is 2.42 bits per heavy atom. The highest BCUT2D eigenvalue weighted by molar-refractivity contribution is 5.74. The second-order valence-electron chi connectivity index (χ2n) is 3.70. The normalized spacial score (nSPS) is 20.2. The Bertz CT molecular complexity index is 168. The lowest BCUT2D eigenvalue weighted by molar-refractivity contribution is 0.160. The summed E-state index contributed by atoms with van der Waals surface area (Å²) in [5.41, 5.74) is 0. The predicted octanol–water partition coefficient (Wildman–Crippen LogP) is 1.54. The molecule has 0 aromatic rings. The number of amides is 2. The molecule has 3 nitrogen and oxygen atoms in total. The Morgan fingerprint density at radius 2 is 1.83 bits per heavy atom. The highest BCUT2D eigenvalue weighted by Gasteiger charge is 2.22. The lowest BCUT2D eigenvalue weighted by Gasteiger charge is -2.28. The molecule has 0 atom stereocenters. The lowest BCUT2D eigenvalue weighted by Crippen LogP contribution is -2.43. The highest BCUT2D eigenvalue weighted by Crippen LogP contribution is 2.10. The van der Waals surface area contributed by atoms with E-state index in [2.05, 4.69) is 13.8 Å². The van der Waals surface area contributed by atoms with Crippen LogP contribution in [-0.4, -0.2) is 42.0 Å². The van der Waals surface area contributed by atoms with E-state index in [0.717, 1.165) is 25.9 Å². The van der Waals surface area contributed by atoms with E-state index >= 15 is 0 Å². The molecule has 1 rings (SSSR count). The average molecular weight is 170 g/mol. The SMILES string of the molecule is CC(C)N1CCCCN(C)C1=O. The van der Waals surface area contributed by atoms with Crippen molar-refractivity contribution >= 4 is 6.03 Å². The van der Waals surface area contributed by atoms with Gasteiger partial charge in [-0.1, -0.05) is 0 Å². The van der Waals surface area contributed by atoms with Crippen LogP contribution in [0.25, 0.3) is 0 Å². The topological polar surface area (TPSA) is 23.6 Å². The van der Waals surface area contributed by atoms with E-state index in [4.69, 9.17) is 0 Å². The molecule has 0 aromatic carbocycles. The summed E-state index contributed by atoms with van der Waals surface area (Å²) < 4.78 is 0. The Morgan fingerprint density at radius 1 is 1.25 bits per heavy atom. The van der Waals surface area contributed by atoms with Crippen molar-refractivity contribution < 1.29 is 4.79 Å². The van der Waals surface area contributed by atoms with Crippen LogP contribution in [0.5, 0.6) is 0 Å². The maximum atomic E-state index is 11.6. The van der Waals surface area contributed by atoms with Gasteiger partial charge in [0.15, 0.2) is 0 Å². The first-order chi connectivity index (χ1) is 5.63. The van der Waals surface area contributed by atoms with Gasteiger partial charge in [0.05, 0.1) is 0 Å². The minimum atomic E-state index is 0.183. The molecule has 0 saturated carbocycles. The smallest absolute Gasteiger partial charge is 0.319 e. The maximum absolute atomic E-state index is 11.6. The number of rotatable bonds is 1. The van der Waals surface area contributed by atoms with Gasteiger partial charge in [-0.2, -0.15) is 0 Å². The van der Waals surface area contributed by atoms with Gasteiger partial charge in [0, 0.05) is 26.2 Å². The van der Waals surface area contributed by atoms with Gasteiger partial charge in [-0.05, 0) is 26.7 Å². The summed E-state index contributed by atoms with van der Waals surface area (Å²) in [5.74, 6) is 0. The molecule has 12 heavy (non-hydrogen) atoms. The van der Waals surface area contributed by atoms with E-state index in [1.165, 1.54) is 0 Å². The van der Waals surface area contributed by atoms with E-state index in [1.54, 1.807) is 0 Å². The molecule has 0 N–H and O–H groups in total. The minimum Gasteiger partial charge on any atom is -0.328 e. The lowest BCUT2D eigenvalue weighted by atomic mass is 10.3. The van der Waals surface area contributed by atoms with E-state index in [9.17, 15) is 4.79 Å². The average Bonchev–Trinajstić information content (AvgIpc) is 2.15. The van der Waals surface area contributed by atoms with Crippen LogP contribution in [0.3, 0.4) is 0 Å². The minimum absolute atomic E-state index is 0.183. The Hall–Kier alpha value is -0.730. The summed E-state index contributed by atoms with van der Waals surface area (Å²) in [6.45, 7) is 5.96. The highest BCUT2D eigenvalue weighted by atomic mass is 16.2. The van der Waals surface area contributed by atoms with Gasteiger partial charge in [-0.15, -0.1) is 0 Å². The summed E-state index contributed by atoms with van der Waals surface area (Å²) in [7, 11) is 1.88. The van der Waals surface area contributed by atoms with E-state index in [0.29, 0.717) is 6.04 Å². The number of urea groups is 1. The number of nitrogens with zero attached hydrogens (tertiary/aromatic N) is 2. The number of carbonyl (C=O) groups is 1. The first-order valence-corrected chi connectivity index (χ1v) is 4.64. The van der Waals surface area contributed by atoms with Gasteiger partial charge in [0.25, 0.3) is 0 Å². The summed E-state index contributed by atoms with van der Waals surface area (Å²) in [6.07, 6.45) is 2.26. The molecule has 1 fully saturated rings. The fraction of sp³-hybridized carbons (Fsp3) is 0.889. The molecule has 0 bridgehead atoms. The molecular weight excluding hydrogens is 152 g/mol.